The van der Waals surface area contributed by atoms with Crippen molar-refractivity contribution in [3.05, 3.63) is 5.89 Å². The summed E-state index contributed by atoms with van der Waals surface area (Å²) in [5.41, 5.74) is 0. The van der Waals surface area contributed by atoms with Gasteiger partial charge in [-0.3, -0.25) is 0 Å². The zero-order valence-corrected chi connectivity index (χ0v) is 11.3. The smallest absolute Gasteiger partial charge is 0.276 e. The predicted molar refractivity (Wildman–Crippen MR) is 66.7 cm³/mol. The molecule has 0 aliphatic heterocycles. The molecule has 0 saturated heterocycles. The maximum Gasteiger partial charge on any atom is 0.276 e. The van der Waals surface area contributed by atoms with Crippen molar-refractivity contribution in [3.63, 3.8) is 0 Å². The van der Waals surface area contributed by atoms with Gasteiger partial charge in [0.05, 0.1) is 0 Å². The summed E-state index contributed by atoms with van der Waals surface area (Å²) in [4.78, 5) is 0. The van der Waals surface area contributed by atoms with Crippen LogP contribution in [0.5, 0.6) is 0 Å². The fraction of sp³-hybridized carbons (Fsp3) is 0.818. The molecule has 1 atom stereocenters. The summed E-state index contributed by atoms with van der Waals surface area (Å²) in [6, 6.07) is 0.497. The van der Waals surface area contributed by atoms with Crippen molar-refractivity contribution in [1.29, 1.82) is 0 Å². The highest BCUT2D eigenvalue weighted by Crippen LogP contribution is 2.19. The van der Waals surface area contributed by atoms with Crippen molar-refractivity contribution in [1.82, 2.24) is 15.5 Å². The number of thioether (sulfide) groups is 1. The van der Waals surface area contributed by atoms with Gasteiger partial charge in [0, 0.05) is 18.7 Å². The van der Waals surface area contributed by atoms with Crippen LogP contribution in [0.4, 0.5) is 0 Å². The highest BCUT2D eigenvalue weighted by atomic mass is 32.2. The molecule has 1 N–H and O–H groups in total. The van der Waals surface area contributed by atoms with E-state index in [2.05, 4.69) is 36.3 Å². The summed E-state index contributed by atoms with van der Waals surface area (Å²) >= 11 is 1.63. The van der Waals surface area contributed by atoms with E-state index in [1.54, 1.807) is 11.8 Å². The van der Waals surface area contributed by atoms with Gasteiger partial charge < -0.3 is 9.73 Å². The summed E-state index contributed by atoms with van der Waals surface area (Å²) in [6.07, 6.45) is 1.16. The van der Waals surface area contributed by atoms with E-state index in [4.69, 9.17) is 4.42 Å². The highest BCUT2D eigenvalue weighted by molar-refractivity contribution is 7.99. The fourth-order valence-electron chi connectivity index (χ4n) is 1.31. The molecular formula is C11H21N3OS. The molecule has 0 aromatic carbocycles. The molecule has 4 nitrogen and oxygen atoms in total. The molecule has 1 heterocycles. The van der Waals surface area contributed by atoms with Crippen LogP contribution >= 0.6 is 11.8 Å². The first-order valence-electron chi connectivity index (χ1n) is 5.79. The van der Waals surface area contributed by atoms with Gasteiger partial charge in [0.2, 0.25) is 5.89 Å². The molecule has 92 valence electrons. The summed E-state index contributed by atoms with van der Waals surface area (Å²) < 4.78 is 5.33. The summed E-state index contributed by atoms with van der Waals surface area (Å²) in [7, 11) is 0. The number of aryl methyl sites for hydroxylation is 1. The van der Waals surface area contributed by atoms with Crippen molar-refractivity contribution >= 4 is 11.8 Å². The lowest BCUT2D eigenvalue weighted by molar-refractivity contribution is 0.419. The Morgan fingerprint density at radius 3 is 2.62 bits per heavy atom. The van der Waals surface area contributed by atoms with Gasteiger partial charge in [0.15, 0.2) is 0 Å². The first-order chi connectivity index (χ1) is 7.63. The van der Waals surface area contributed by atoms with E-state index in [0.717, 1.165) is 18.7 Å². The minimum atomic E-state index is 0.497. The van der Waals surface area contributed by atoms with Crippen LogP contribution < -0.4 is 5.32 Å². The molecule has 16 heavy (non-hydrogen) atoms. The standard InChI is InChI=1S/C11H21N3OS/c1-5-6-12-10(8(2)3)7-16-11-14-13-9(4)15-11/h8,10,12H,5-7H2,1-4H3. The maximum atomic E-state index is 5.33. The lowest BCUT2D eigenvalue weighted by atomic mass is 10.1. The Balaban J connectivity index is 2.37. The first-order valence-corrected chi connectivity index (χ1v) is 6.78. The lowest BCUT2D eigenvalue weighted by Crippen LogP contribution is -2.36. The van der Waals surface area contributed by atoms with Crippen molar-refractivity contribution in [2.24, 2.45) is 5.92 Å². The molecule has 0 saturated carbocycles. The molecule has 0 amide bonds. The van der Waals surface area contributed by atoms with Crippen LogP contribution in [0.15, 0.2) is 9.64 Å². The first kappa shape index (κ1) is 13.5. The minimum absolute atomic E-state index is 0.497. The molecule has 0 aliphatic rings. The van der Waals surface area contributed by atoms with Gasteiger partial charge in [0.25, 0.3) is 5.22 Å². The summed E-state index contributed by atoms with van der Waals surface area (Å²) in [5.74, 6) is 2.22. The van der Waals surface area contributed by atoms with E-state index in [1.165, 1.54) is 0 Å². The number of nitrogens with one attached hydrogen (secondary N) is 1. The van der Waals surface area contributed by atoms with E-state index >= 15 is 0 Å². The molecule has 5 heteroatoms. The molecule has 0 bridgehead atoms. The molecule has 0 radical (unpaired) electrons. The van der Waals surface area contributed by atoms with Gasteiger partial charge in [-0.2, -0.15) is 0 Å². The average molecular weight is 243 g/mol. The van der Waals surface area contributed by atoms with Crippen molar-refractivity contribution in [2.45, 2.75) is 45.4 Å². The van der Waals surface area contributed by atoms with E-state index in [0.29, 0.717) is 23.1 Å². The molecular weight excluding hydrogens is 222 g/mol. The topological polar surface area (TPSA) is 51.0 Å². The third kappa shape index (κ3) is 4.53. The Hall–Kier alpha value is -0.550. The molecule has 0 fully saturated rings. The molecule has 1 rings (SSSR count). The third-order valence-corrected chi connectivity index (χ3v) is 3.29. The number of rotatable bonds is 7. The Kier molecular flexibility index (Phi) is 5.84. The highest BCUT2D eigenvalue weighted by Gasteiger charge is 2.14. The number of nitrogens with zero attached hydrogens (tertiary/aromatic N) is 2. The SMILES string of the molecule is CCCNC(CSc1nnc(C)o1)C(C)C. The average Bonchev–Trinajstić information content (AvgIpc) is 2.64. The van der Waals surface area contributed by atoms with E-state index in [9.17, 15) is 0 Å². The van der Waals surface area contributed by atoms with Gasteiger partial charge in [-0.25, -0.2) is 0 Å². The summed E-state index contributed by atoms with van der Waals surface area (Å²) in [6.45, 7) is 9.51. The third-order valence-electron chi connectivity index (χ3n) is 2.36. The molecule has 1 unspecified atom stereocenters. The lowest BCUT2D eigenvalue weighted by Gasteiger charge is -2.20. The number of hydrogen-bond acceptors (Lipinski definition) is 5. The van der Waals surface area contributed by atoms with Crippen LogP contribution in [-0.2, 0) is 0 Å². The number of hydrogen-bond donors (Lipinski definition) is 1. The van der Waals surface area contributed by atoms with Crippen LogP contribution in [0.25, 0.3) is 0 Å². The van der Waals surface area contributed by atoms with Crippen LogP contribution in [-0.4, -0.2) is 28.5 Å². The van der Waals surface area contributed by atoms with Gasteiger partial charge in [-0.05, 0) is 18.9 Å². The van der Waals surface area contributed by atoms with Gasteiger partial charge in [-0.15, -0.1) is 10.2 Å². The number of aromatic nitrogens is 2. The molecule has 1 aromatic heterocycles. The van der Waals surface area contributed by atoms with Crippen LogP contribution in [0.1, 0.15) is 33.1 Å². The summed E-state index contributed by atoms with van der Waals surface area (Å²) in [5, 5.41) is 12.0. The Labute approximate surface area is 102 Å². The van der Waals surface area contributed by atoms with E-state index in [-0.39, 0.29) is 0 Å². The zero-order valence-electron chi connectivity index (χ0n) is 10.5. The fourth-order valence-corrected chi connectivity index (χ4v) is 2.42. The largest absolute Gasteiger partial charge is 0.416 e. The van der Waals surface area contributed by atoms with Gasteiger partial charge in [0.1, 0.15) is 0 Å². The second-order valence-corrected chi connectivity index (χ2v) is 5.17. The van der Waals surface area contributed by atoms with E-state index < -0.39 is 0 Å². The molecule has 0 spiro atoms. The Morgan fingerprint density at radius 2 is 2.12 bits per heavy atom. The maximum absolute atomic E-state index is 5.33. The van der Waals surface area contributed by atoms with Crippen LogP contribution in [0.3, 0.4) is 0 Å². The molecule has 1 aromatic rings. The second kappa shape index (κ2) is 6.91. The minimum Gasteiger partial charge on any atom is -0.416 e. The quantitative estimate of drug-likeness (QED) is 0.746. The monoisotopic (exact) mass is 243 g/mol. The van der Waals surface area contributed by atoms with Gasteiger partial charge >= 0.3 is 0 Å². The van der Waals surface area contributed by atoms with Crippen molar-refractivity contribution in [3.8, 4) is 0 Å². The van der Waals surface area contributed by atoms with Crippen LogP contribution in [0, 0.1) is 12.8 Å². The predicted octanol–water partition coefficient (Wildman–Crippen LogP) is 2.49. The van der Waals surface area contributed by atoms with Crippen LogP contribution in [0.2, 0.25) is 0 Å². The van der Waals surface area contributed by atoms with Crippen molar-refractivity contribution < 1.29 is 4.42 Å². The van der Waals surface area contributed by atoms with Crippen molar-refractivity contribution in [2.75, 3.05) is 12.3 Å². The second-order valence-electron chi connectivity index (χ2n) is 4.20. The normalized spacial score (nSPS) is 13.3. The zero-order chi connectivity index (χ0) is 12.0. The van der Waals surface area contributed by atoms with Gasteiger partial charge in [-0.1, -0.05) is 32.5 Å². The Morgan fingerprint density at radius 1 is 1.38 bits per heavy atom. The molecule has 0 aliphatic carbocycles. The van der Waals surface area contributed by atoms with E-state index in [1.807, 2.05) is 6.92 Å². The Bertz CT molecular complexity index is 301.